The molecule has 0 fully saturated rings. The third kappa shape index (κ3) is 2.39. The van der Waals surface area contributed by atoms with Gasteiger partial charge in [-0.25, -0.2) is 13.2 Å². The van der Waals surface area contributed by atoms with Crippen LogP contribution in [0.5, 0.6) is 0 Å². The molecule has 2 nitrogen and oxygen atoms in total. The summed E-state index contributed by atoms with van der Waals surface area (Å²) in [5.41, 5.74) is 6.01. The second-order valence-corrected chi connectivity index (χ2v) is 4.61. The van der Waals surface area contributed by atoms with Gasteiger partial charge in [-0.05, 0) is 43.2 Å². The van der Waals surface area contributed by atoms with Crippen molar-refractivity contribution in [3.63, 3.8) is 0 Å². The molecule has 2 N–H and O–H groups in total. The van der Waals surface area contributed by atoms with E-state index in [4.69, 9.17) is 5.73 Å². The van der Waals surface area contributed by atoms with Gasteiger partial charge in [-0.2, -0.15) is 0 Å². The quantitative estimate of drug-likeness (QED) is 0.675. The molecule has 0 radical (unpaired) electrons. The first kappa shape index (κ1) is 14.1. The van der Waals surface area contributed by atoms with Crippen LogP contribution in [0, 0.1) is 31.3 Å². The third-order valence-corrected chi connectivity index (χ3v) is 3.04. The molecule has 0 aliphatic rings. The number of aryl methyl sites for hydroxylation is 2. The number of nitrogens with two attached hydrogens (primary N) is 1. The summed E-state index contributed by atoms with van der Waals surface area (Å²) in [6.07, 6.45) is 0. The number of hydrogen-bond acceptors (Lipinski definition) is 2. The molecule has 0 saturated heterocycles. The number of ketones is 1. The van der Waals surface area contributed by atoms with Crippen LogP contribution in [-0.2, 0) is 0 Å². The zero-order chi connectivity index (χ0) is 15.0. The van der Waals surface area contributed by atoms with Crippen molar-refractivity contribution in [3.05, 3.63) is 64.0 Å². The lowest BCUT2D eigenvalue weighted by atomic mass is 9.98. The van der Waals surface area contributed by atoms with Crippen LogP contribution in [0.3, 0.4) is 0 Å². The fourth-order valence-electron chi connectivity index (χ4n) is 1.99. The van der Waals surface area contributed by atoms with E-state index in [2.05, 4.69) is 0 Å². The van der Waals surface area contributed by atoms with Gasteiger partial charge in [0, 0.05) is 22.9 Å². The standard InChI is InChI=1S/C15H12F3NO/c1-7-3-9(4-8(2)14(7)18)15(20)10-5-11(16)12(17)6-13(10)19/h3-6H,19H2,1-2H3. The molecule has 2 aromatic rings. The highest BCUT2D eigenvalue weighted by Gasteiger charge is 2.17. The van der Waals surface area contributed by atoms with Gasteiger partial charge >= 0.3 is 0 Å². The molecule has 5 heteroatoms. The van der Waals surface area contributed by atoms with Crippen LogP contribution >= 0.6 is 0 Å². The number of nitrogen functional groups attached to an aromatic ring is 1. The van der Waals surface area contributed by atoms with E-state index < -0.39 is 23.2 Å². The van der Waals surface area contributed by atoms with Gasteiger partial charge in [0.2, 0.25) is 0 Å². The van der Waals surface area contributed by atoms with Crippen LogP contribution in [0.1, 0.15) is 27.0 Å². The molecular formula is C15H12F3NO. The zero-order valence-electron chi connectivity index (χ0n) is 10.9. The average molecular weight is 279 g/mol. The van der Waals surface area contributed by atoms with Crippen LogP contribution in [0.25, 0.3) is 0 Å². The summed E-state index contributed by atoms with van der Waals surface area (Å²) in [5, 5.41) is 0. The molecule has 0 unspecified atom stereocenters. The van der Waals surface area contributed by atoms with E-state index in [1.54, 1.807) is 0 Å². The lowest BCUT2D eigenvalue weighted by Crippen LogP contribution is -2.08. The van der Waals surface area contributed by atoms with Crippen molar-refractivity contribution in [2.75, 3.05) is 5.73 Å². The Labute approximate surface area is 114 Å². The SMILES string of the molecule is Cc1cc(C(=O)c2cc(F)c(F)cc2N)cc(C)c1F. The highest BCUT2D eigenvalue weighted by molar-refractivity contribution is 6.12. The summed E-state index contributed by atoms with van der Waals surface area (Å²) in [7, 11) is 0. The van der Waals surface area contributed by atoms with Crippen LogP contribution in [-0.4, -0.2) is 5.78 Å². The molecule has 0 aliphatic carbocycles. The number of carbonyl (C=O) groups is 1. The van der Waals surface area contributed by atoms with Crippen molar-refractivity contribution in [1.29, 1.82) is 0 Å². The Kier molecular flexibility index (Phi) is 3.53. The fourth-order valence-corrected chi connectivity index (χ4v) is 1.99. The molecule has 0 aliphatic heterocycles. The van der Waals surface area contributed by atoms with Gasteiger partial charge in [-0.3, -0.25) is 4.79 Å². The highest BCUT2D eigenvalue weighted by atomic mass is 19.2. The van der Waals surface area contributed by atoms with E-state index >= 15 is 0 Å². The molecule has 0 bridgehead atoms. The molecule has 104 valence electrons. The Morgan fingerprint density at radius 3 is 2.00 bits per heavy atom. The Bertz CT molecular complexity index is 688. The third-order valence-electron chi connectivity index (χ3n) is 3.04. The van der Waals surface area contributed by atoms with E-state index in [-0.39, 0.29) is 16.8 Å². The number of anilines is 1. The second-order valence-electron chi connectivity index (χ2n) is 4.61. The Morgan fingerprint density at radius 1 is 0.950 bits per heavy atom. The first-order valence-electron chi connectivity index (χ1n) is 5.87. The molecule has 2 aromatic carbocycles. The predicted molar refractivity (Wildman–Crippen MR) is 70.1 cm³/mol. The van der Waals surface area contributed by atoms with Crippen molar-refractivity contribution in [1.82, 2.24) is 0 Å². The molecule has 0 aromatic heterocycles. The van der Waals surface area contributed by atoms with E-state index in [1.807, 2.05) is 0 Å². The number of rotatable bonds is 2. The Balaban J connectivity index is 2.55. The first-order valence-corrected chi connectivity index (χ1v) is 5.87. The molecule has 2 rings (SSSR count). The van der Waals surface area contributed by atoms with Crippen molar-refractivity contribution < 1.29 is 18.0 Å². The topological polar surface area (TPSA) is 43.1 Å². The Morgan fingerprint density at radius 2 is 1.45 bits per heavy atom. The molecule has 0 saturated carbocycles. The lowest BCUT2D eigenvalue weighted by Gasteiger charge is -2.08. The molecule has 20 heavy (non-hydrogen) atoms. The number of hydrogen-bond donors (Lipinski definition) is 1. The van der Waals surface area contributed by atoms with Crippen LogP contribution < -0.4 is 5.73 Å². The van der Waals surface area contributed by atoms with E-state index in [1.165, 1.54) is 26.0 Å². The van der Waals surface area contributed by atoms with Gasteiger partial charge in [-0.15, -0.1) is 0 Å². The van der Waals surface area contributed by atoms with Crippen molar-refractivity contribution >= 4 is 11.5 Å². The molecular weight excluding hydrogens is 267 g/mol. The minimum atomic E-state index is -1.15. The summed E-state index contributed by atoms with van der Waals surface area (Å²) < 4.78 is 39.7. The summed E-state index contributed by atoms with van der Waals surface area (Å²) in [6, 6.07) is 4.21. The minimum absolute atomic E-state index is 0.144. The second kappa shape index (κ2) is 5.00. The van der Waals surface area contributed by atoms with Crippen molar-refractivity contribution in [2.24, 2.45) is 0 Å². The van der Waals surface area contributed by atoms with Gasteiger partial charge < -0.3 is 5.73 Å². The van der Waals surface area contributed by atoms with Crippen molar-refractivity contribution in [2.45, 2.75) is 13.8 Å². The van der Waals surface area contributed by atoms with Gasteiger partial charge in [0.05, 0.1) is 0 Å². The summed E-state index contributed by atoms with van der Waals surface area (Å²) in [4.78, 5) is 12.3. The molecule has 0 heterocycles. The van der Waals surface area contributed by atoms with Crippen molar-refractivity contribution in [3.8, 4) is 0 Å². The molecule has 0 atom stereocenters. The normalized spacial score (nSPS) is 10.7. The maximum atomic E-state index is 13.5. The number of carbonyl (C=O) groups excluding carboxylic acids is 1. The van der Waals surface area contributed by atoms with Crippen LogP contribution in [0.4, 0.5) is 18.9 Å². The van der Waals surface area contributed by atoms with E-state index in [0.717, 1.165) is 12.1 Å². The summed E-state index contributed by atoms with van der Waals surface area (Å²) >= 11 is 0. The Hall–Kier alpha value is -2.30. The van der Waals surface area contributed by atoms with Crippen LogP contribution in [0.15, 0.2) is 24.3 Å². The average Bonchev–Trinajstić information content (AvgIpc) is 2.38. The largest absolute Gasteiger partial charge is 0.398 e. The summed E-state index contributed by atoms with van der Waals surface area (Å²) in [6.45, 7) is 3.04. The monoisotopic (exact) mass is 279 g/mol. The summed E-state index contributed by atoms with van der Waals surface area (Å²) in [5.74, 6) is -3.25. The first-order chi connectivity index (χ1) is 9.31. The maximum absolute atomic E-state index is 13.5. The van der Waals surface area contributed by atoms with Gasteiger partial charge in [0.25, 0.3) is 0 Å². The minimum Gasteiger partial charge on any atom is -0.398 e. The lowest BCUT2D eigenvalue weighted by molar-refractivity contribution is 0.103. The zero-order valence-corrected chi connectivity index (χ0v) is 10.9. The van der Waals surface area contributed by atoms with Gasteiger partial charge in [0.1, 0.15) is 5.82 Å². The van der Waals surface area contributed by atoms with E-state index in [0.29, 0.717) is 11.1 Å². The number of halogens is 3. The van der Waals surface area contributed by atoms with Gasteiger partial charge in [-0.1, -0.05) is 0 Å². The predicted octanol–water partition coefficient (Wildman–Crippen LogP) is 3.53. The highest BCUT2D eigenvalue weighted by Crippen LogP contribution is 2.23. The van der Waals surface area contributed by atoms with Gasteiger partial charge in [0.15, 0.2) is 17.4 Å². The molecule has 0 amide bonds. The number of benzene rings is 2. The molecule has 0 spiro atoms. The fraction of sp³-hybridized carbons (Fsp3) is 0.133. The van der Waals surface area contributed by atoms with Crippen LogP contribution in [0.2, 0.25) is 0 Å². The smallest absolute Gasteiger partial charge is 0.195 e. The maximum Gasteiger partial charge on any atom is 0.195 e. The van der Waals surface area contributed by atoms with E-state index in [9.17, 15) is 18.0 Å².